The van der Waals surface area contributed by atoms with Crippen LogP contribution in [0.5, 0.6) is 5.75 Å². The molecular formula is C23H16ClNO5S. The number of halogens is 1. The molecule has 0 unspecified atom stereocenters. The van der Waals surface area contributed by atoms with Gasteiger partial charge in [-0.15, -0.1) is 0 Å². The lowest BCUT2D eigenvalue weighted by Crippen LogP contribution is -2.11. The van der Waals surface area contributed by atoms with Crippen LogP contribution in [-0.4, -0.2) is 28.4 Å². The fourth-order valence-corrected chi connectivity index (χ4v) is 4.81. The van der Waals surface area contributed by atoms with E-state index in [0.29, 0.717) is 15.9 Å². The number of hydrogen-bond acceptors (Lipinski definition) is 5. The highest BCUT2D eigenvalue weighted by Crippen LogP contribution is 2.32. The molecule has 0 bridgehead atoms. The number of allylic oxidation sites excluding steroid dienone is 1. The molecule has 156 valence electrons. The Hall–Kier alpha value is -3.55. The van der Waals surface area contributed by atoms with Gasteiger partial charge < -0.3 is 10.2 Å². The minimum atomic E-state index is -3.97. The Kier molecular flexibility index (Phi) is 5.31. The van der Waals surface area contributed by atoms with E-state index in [2.05, 4.69) is 0 Å². The predicted molar refractivity (Wildman–Crippen MR) is 119 cm³/mol. The van der Waals surface area contributed by atoms with E-state index >= 15 is 0 Å². The lowest BCUT2D eigenvalue weighted by Gasteiger charge is -2.07. The van der Waals surface area contributed by atoms with Crippen molar-refractivity contribution in [2.24, 2.45) is 0 Å². The van der Waals surface area contributed by atoms with Crippen molar-refractivity contribution in [2.75, 3.05) is 0 Å². The Balaban J connectivity index is 1.89. The number of aromatic hydroxyl groups is 1. The van der Waals surface area contributed by atoms with E-state index in [1.54, 1.807) is 36.4 Å². The van der Waals surface area contributed by atoms with Crippen molar-refractivity contribution in [1.29, 1.82) is 0 Å². The van der Waals surface area contributed by atoms with Crippen LogP contribution in [0.4, 0.5) is 0 Å². The Morgan fingerprint density at radius 1 is 0.935 bits per heavy atom. The molecule has 3 aromatic carbocycles. The zero-order chi connectivity index (χ0) is 22.2. The number of carbonyl (C=O) groups is 1. The number of hydrogen-bond donors (Lipinski definition) is 2. The molecular weight excluding hydrogens is 438 g/mol. The molecule has 0 spiro atoms. The van der Waals surface area contributed by atoms with Crippen LogP contribution in [0.15, 0.2) is 90.0 Å². The second-order valence-electron chi connectivity index (χ2n) is 6.73. The summed E-state index contributed by atoms with van der Waals surface area (Å²) in [6.45, 7) is 0. The van der Waals surface area contributed by atoms with Crippen LogP contribution in [0.3, 0.4) is 0 Å². The van der Waals surface area contributed by atoms with Gasteiger partial charge in [0.25, 0.3) is 10.0 Å². The lowest BCUT2D eigenvalue weighted by atomic mass is 10.1. The van der Waals surface area contributed by atoms with E-state index < -0.39 is 21.6 Å². The van der Waals surface area contributed by atoms with E-state index in [0.717, 1.165) is 10.0 Å². The average Bonchev–Trinajstić information content (AvgIpc) is 3.14. The van der Waals surface area contributed by atoms with E-state index in [9.17, 15) is 23.4 Å². The maximum Gasteiger partial charge on any atom is 0.268 e. The van der Waals surface area contributed by atoms with Crippen LogP contribution in [-0.2, 0) is 10.0 Å². The number of para-hydroxylation sites is 1. The number of aromatic nitrogens is 1. The molecule has 0 aliphatic carbocycles. The summed E-state index contributed by atoms with van der Waals surface area (Å²) < 4.78 is 27.4. The SMILES string of the molecule is O=C(/C=C(\O)c1cn(S(=O)(=O)c2ccccc2)c2ccc(Cl)cc12)c1ccccc1O. The van der Waals surface area contributed by atoms with Gasteiger partial charge in [0.1, 0.15) is 11.5 Å². The molecule has 1 heterocycles. The first kappa shape index (κ1) is 20.7. The van der Waals surface area contributed by atoms with E-state index in [1.165, 1.54) is 42.6 Å². The quantitative estimate of drug-likeness (QED) is 0.251. The normalized spacial score (nSPS) is 12.2. The second kappa shape index (κ2) is 7.94. The standard InChI is InChI=1S/C23H16ClNO5S/c24-15-10-11-20-18(12-15)19(14-25(20)31(29,30)16-6-2-1-3-7-16)23(28)13-22(27)17-8-4-5-9-21(17)26/h1-14,26,28H/b23-13-. The topological polar surface area (TPSA) is 96.6 Å². The molecule has 0 aliphatic rings. The van der Waals surface area contributed by atoms with Crippen molar-refractivity contribution < 1.29 is 23.4 Å². The number of benzene rings is 3. The van der Waals surface area contributed by atoms with Crippen LogP contribution in [0, 0.1) is 0 Å². The number of ketones is 1. The molecule has 4 rings (SSSR count). The molecule has 0 atom stereocenters. The predicted octanol–water partition coefficient (Wildman–Crippen LogP) is 5.02. The van der Waals surface area contributed by atoms with Crippen LogP contribution in [0.25, 0.3) is 16.7 Å². The molecule has 0 saturated heterocycles. The van der Waals surface area contributed by atoms with Gasteiger partial charge in [0.15, 0.2) is 5.78 Å². The summed E-state index contributed by atoms with van der Waals surface area (Å²) in [4.78, 5) is 12.6. The van der Waals surface area contributed by atoms with Gasteiger partial charge in [-0.25, -0.2) is 12.4 Å². The summed E-state index contributed by atoms with van der Waals surface area (Å²) in [7, 11) is -3.97. The molecule has 6 nitrogen and oxygen atoms in total. The van der Waals surface area contributed by atoms with Crippen LogP contribution < -0.4 is 0 Å². The molecule has 0 fully saturated rings. The van der Waals surface area contributed by atoms with Gasteiger partial charge in [0.05, 0.1) is 16.0 Å². The first-order chi connectivity index (χ1) is 14.8. The van der Waals surface area contributed by atoms with Crippen molar-refractivity contribution in [2.45, 2.75) is 4.90 Å². The van der Waals surface area contributed by atoms with Crippen molar-refractivity contribution in [3.05, 3.63) is 101 Å². The maximum absolute atomic E-state index is 13.2. The Labute approximate surface area is 183 Å². The van der Waals surface area contributed by atoms with Crippen molar-refractivity contribution >= 4 is 44.1 Å². The monoisotopic (exact) mass is 453 g/mol. The number of phenolic OH excluding ortho intramolecular Hbond substituents is 1. The first-order valence-electron chi connectivity index (χ1n) is 9.13. The zero-order valence-corrected chi connectivity index (χ0v) is 17.5. The van der Waals surface area contributed by atoms with Crippen molar-refractivity contribution in [1.82, 2.24) is 3.97 Å². The fraction of sp³-hybridized carbons (Fsp3) is 0. The molecule has 0 radical (unpaired) electrons. The summed E-state index contributed by atoms with van der Waals surface area (Å²) in [6.07, 6.45) is 2.18. The first-order valence-corrected chi connectivity index (χ1v) is 11.0. The number of phenols is 1. The molecule has 4 aromatic rings. The summed E-state index contributed by atoms with van der Waals surface area (Å²) >= 11 is 6.10. The molecule has 0 aliphatic heterocycles. The Bertz CT molecular complexity index is 1440. The molecule has 0 saturated carbocycles. The number of aliphatic hydroxyl groups excluding tert-OH is 1. The maximum atomic E-state index is 13.2. The summed E-state index contributed by atoms with van der Waals surface area (Å²) in [5.74, 6) is -1.32. The van der Waals surface area contributed by atoms with Gasteiger partial charge in [0, 0.05) is 28.2 Å². The van der Waals surface area contributed by atoms with Gasteiger partial charge >= 0.3 is 0 Å². The minimum Gasteiger partial charge on any atom is -0.507 e. The van der Waals surface area contributed by atoms with Crippen LogP contribution >= 0.6 is 11.6 Å². The van der Waals surface area contributed by atoms with Crippen molar-refractivity contribution in [3.8, 4) is 5.75 Å². The minimum absolute atomic E-state index is 0.00716. The lowest BCUT2D eigenvalue weighted by molar-refractivity contribution is 0.104. The second-order valence-corrected chi connectivity index (χ2v) is 8.98. The van der Waals surface area contributed by atoms with Crippen molar-refractivity contribution in [3.63, 3.8) is 0 Å². The number of fused-ring (bicyclic) bond motifs is 1. The summed E-state index contributed by atoms with van der Waals surface area (Å²) in [5, 5.41) is 21.3. The molecule has 8 heteroatoms. The highest BCUT2D eigenvalue weighted by molar-refractivity contribution is 7.90. The fourth-order valence-electron chi connectivity index (χ4n) is 3.24. The van der Waals surface area contributed by atoms with Gasteiger partial charge in [-0.2, -0.15) is 0 Å². The highest BCUT2D eigenvalue weighted by atomic mass is 35.5. The third kappa shape index (κ3) is 3.81. The van der Waals surface area contributed by atoms with E-state index in [1.807, 2.05) is 0 Å². The van der Waals surface area contributed by atoms with Crippen LogP contribution in [0.1, 0.15) is 15.9 Å². The molecule has 2 N–H and O–H groups in total. The zero-order valence-electron chi connectivity index (χ0n) is 15.9. The van der Waals surface area contributed by atoms with Gasteiger partial charge in [0.2, 0.25) is 0 Å². The third-order valence-electron chi connectivity index (χ3n) is 4.75. The summed E-state index contributed by atoms with van der Waals surface area (Å²) in [6, 6.07) is 18.4. The third-order valence-corrected chi connectivity index (χ3v) is 6.67. The largest absolute Gasteiger partial charge is 0.507 e. The molecule has 0 amide bonds. The van der Waals surface area contributed by atoms with E-state index in [4.69, 9.17) is 11.6 Å². The smallest absolute Gasteiger partial charge is 0.268 e. The Morgan fingerprint density at radius 3 is 2.32 bits per heavy atom. The van der Waals surface area contributed by atoms with Gasteiger partial charge in [-0.1, -0.05) is 41.9 Å². The molecule has 1 aromatic heterocycles. The number of rotatable bonds is 5. The van der Waals surface area contributed by atoms with Gasteiger partial charge in [-0.3, -0.25) is 4.79 Å². The molecule has 31 heavy (non-hydrogen) atoms. The number of nitrogens with zero attached hydrogens (tertiary/aromatic N) is 1. The number of aliphatic hydroxyl groups is 1. The average molecular weight is 454 g/mol. The van der Waals surface area contributed by atoms with Crippen LogP contribution in [0.2, 0.25) is 5.02 Å². The van der Waals surface area contributed by atoms with Gasteiger partial charge in [-0.05, 0) is 42.5 Å². The Morgan fingerprint density at radius 2 is 1.61 bits per heavy atom. The summed E-state index contributed by atoms with van der Waals surface area (Å²) in [5.41, 5.74) is 0.409. The van der Waals surface area contributed by atoms with E-state index in [-0.39, 0.29) is 21.8 Å². The highest BCUT2D eigenvalue weighted by Gasteiger charge is 2.23. The number of carbonyl (C=O) groups excluding carboxylic acids is 1.